The molecule has 1 amide bonds. The third kappa shape index (κ3) is 3.67. The largest absolute Gasteiger partial charge is 0.463 e. The highest BCUT2D eigenvalue weighted by Crippen LogP contribution is 2.38. The van der Waals surface area contributed by atoms with Gasteiger partial charge >= 0.3 is 18.0 Å². The number of alkyl halides is 5. The normalized spacial score (nSPS) is 21.5. The van der Waals surface area contributed by atoms with Crippen molar-refractivity contribution < 1.29 is 31.5 Å². The summed E-state index contributed by atoms with van der Waals surface area (Å²) in [4.78, 5) is 23.2. The van der Waals surface area contributed by atoms with Crippen molar-refractivity contribution in [2.24, 2.45) is 0 Å². The van der Waals surface area contributed by atoms with Crippen molar-refractivity contribution in [2.45, 2.75) is 57.2 Å². The summed E-state index contributed by atoms with van der Waals surface area (Å²) in [6, 6.07) is -0.879. The molecule has 116 valence electrons. The minimum Gasteiger partial charge on any atom is -0.334 e. The summed E-state index contributed by atoms with van der Waals surface area (Å²) in [5.41, 5.74) is 0. The zero-order valence-corrected chi connectivity index (χ0v) is 11.0. The Bertz CT molecular complexity index is 381. The molecule has 8 heteroatoms. The molecule has 1 rings (SSSR count). The number of hydrogen-bond donors (Lipinski definition) is 0. The zero-order chi connectivity index (χ0) is 15.6. The average Bonchev–Trinajstić information content (AvgIpc) is 2.51. The quantitative estimate of drug-likeness (QED) is 0.752. The molecule has 0 spiro atoms. The summed E-state index contributed by atoms with van der Waals surface area (Å²) in [5, 5.41) is 0. The molecule has 0 aromatic heterocycles. The van der Waals surface area contributed by atoms with Gasteiger partial charge in [0.2, 0.25) is 0 Å². The molecule has 0 saturated carbocycles. The van der Waals surface area contributed by atoms with Crippen LogP contribution in [0.25, 0.3) is 0 Å². The second-order valence-corrected chi connectivity index (χ2v) is 4.98. The van der Waals surface area contributed by atoms with E-state index in [1.165, 1.54) is 6.92 Å². The van der Waals surface area contributed by atoms with E-state index in [0.717, 1.165) is 0 Å². The Hall–Kier alpha value is -1.21. The van der Waals surface area contributed by atoms with Crippen LogP contribution in [0.2, 0.25) is 0 Å². The van der Waals surface area contributed by atoms with Gasteiger partial charge in [0.15, 0.2) is 0 Å². The van der Waals surface area contributed by atoms with Gasteiger partial charge in [0.1, 0.15) is 5.78 Å². The lowest BCUT2D eigenvalue weighted by atomic mass is 10.0. The van der Waals surface area contributed by atoms with Gasteiger partial charge in [-0.05, 0) is 19.8 Å². The van der Waals surface area contributed by atoms with E-state index in [9.17, 15) is 31.5 Å². The van der Waals surface area contributed by atoms with Crippen molar-refractivity contribution in [3.63, 3.8) is 0 Å². The molecule has 1 unspecified atom stereocenters. The molecule has 3 nitrogen and oxygen atoms in total. The first-order valence-corrected chi connectivity index (χ1v) is 6.32. The predicted molar refractivity (Wildman–Crippen MR) is 60.3 cm³/mol. The summed E-state index contributed by atoms with van der Waals surface area (Å²) in [5.74, 6) is -8.00. The molecule has 0 aromatic carbocycles. The molecule has 1 atom stereocenters. The fourth-order valence-corrected chi connectivity index (χ4v) is 2.29. The summed E-state index contributed by atoms with van der Waals surface area (Å²) >= 11 is 0. The number of halogens is 5. The highest BCUT2D eigenvalue weighted by Gasteiger charge is 2.65. The first-order chi connectivity index (χ1) is 9.07. The Kier molecular flexibility index (Phi) is 5.10. The minimum atomic E-state index is -5.92. The molecule has 0 radical (unpaired) electrons. The van der Waals surface area contributed by atoms with Crippen molar-refractivity contribution in [2.75, 3.05) is 6.54 Å². The van der Waals surface area contributed by atoms with Crippen LogP contribution in [0.1, 0.15) is 39.0 Å². The van der Waals surface area contributed by atoms with Crippen molar-refractivity contribution in [1.29, 1.82) is 0 Å². The lowest BCUT2D eigenvalue weighted by Gasteiger charge is -2.32. The van der Waals surface area contributed by atoms with Crippen molar-refractivity contribution in [3.05, 3.63) is 0 Å². The Morgan fingerprint density at radius 2 is 1.70 bits per heavy atom. The fourth-order valence-electron chi connectivity index (χ4n) is 2.29. The van der Waals surface area contributed by atoms with Crippen LogP contribution >= 0.6 is 0 Å². The van der Waals surface area contributed by atoms with Gasteiger partial charge in [0.25, 0.3) is 0 Å². The number of nitrogens with zero attached hydrogens (tertiary/aromatic N) is 1. The first-order valence-electron chi connectivity index (χ1n) is 6.32. The first kappa shape index (κ1) is 16.8. The lowest BCUT2D eigenvalue weighted by Crippen LogP contribution is -2.55. The number of carbonyl (C=O) groups is 2. The van der Waals surface area contributed by atoms with Gasteiger partial charge in [-0.2, -0.15) is 22.0 Å². The van der Waals surface area contributed by atoms with Gasteiger partial charge < -0.3 is 4.90 Å². The van der Waals surface area contributed by atoms with E-state index in [1.807, 2.05) is 0 Å². The maximum atomic E-state index is 13.2. The summed E-state index contributed by atoms with van der Waals surface area (Å²) in [6.07, 6.45) is -4.26. The van der Waals surface area contributed by atoms with Crippen LogP contribution in [-0.2, 0) is 9.59 Å². The standard InChI is InChI=1S/C12H16F5NO2/c1-8(19)7-9-5-3-2-4-6-18(9)10(20)11(13,14)12(15,16)17/h9H,2-7H2,1H3. The van der Waals surface area contributed by atoms with Crippen molar-refractivity contribution >= 4 is 11.7 Å². The highest BCUT2D eigenvalue weighted by molar-refractivity contribution is 5.85. The van der Waals surface area contributed by atoms with Gasteiger partial charge in [-0.25, -0.2) is 0 Å². The number of hydrogen-bond acceptors (Lipinski definition) is 2. The Morgan fingerprint density at radius 3 is 2.20 bits per heavy atom. The zero-order valence-electron chi connectivity index (χ0n) is 11.0. The lowest BCUT2D eigenvalue weighted by molar-refractivity contribution is -0.275. The van der Waals surface area contributed by atoms with Gasteiger partial charge in [-0.3, -0.25) is 9.59 Å². The fraction of sp³-hybridized carbons (Fsp3) is 0.833. The number of likely N-dealkylation sites (tertiary alicyclic amines) is 1. The van der Waals surface area contributed by atoms with Crippen molar-refractivity contribution in [3.8, 4) is 0 Å². The molecule has 1 heterocycles. The van der Waals surface area contributed by atoms with Crippen LogP contribution in [0.4, 0.5) is 22.0 Å². The molecule has 1 saturated heterocycles. The second-order valence-electron chi connectivity index (χ2n) is 4.98. The molecule has 0 N–H and O–H groups in total. The van der Waals surface area contributed by atoms with Crippen LogP contribution in [-0.4, -0.2) is 41.3 Å². The second kappa shape index (κ2) is 6.05. The van der Waals surface area contributed by atoms with Gasteiger partial charge in [0.05, 0.1) is 0 Å². The Labute approximate surface area is 113 Å². The summed E-state index contributed by atoms with van der Waals surface area (Å²) in [7, 11) is 0. The van der Waals surface area contributed by atoms with Gasteiger partial charge in [-0.1, -0.05) is 12.8 Å². The Morgan fingerprint density at radius 1 is 1.10 bits per heavy atom. The van der Waals surface area contributed by atoms with Crippen LogP contribution < -0.4 is 0 Å². The molecule has 1 fully saturated rings. The summed E-state index contributed by atoms with van der Waals surface area (Å²) in [6.45, 7) is 1.04. The van der Waals surface area contributed by atoms with E-state index in [1.54, 1.807) is 0 Å². The van der Waals surface area contributed by atoms with E-state index >= 15 is 0 Å². The molecular weight excluding hydrogens is 285 g/mol. The molecule has 1 aliphatic heterocycles. The number of rotatable bonds is 3. The molecule has 0 aromatic rings. The molecule has 0 aliphatic carbocycles. The van der Waals surface area contributed by atoms with E-state index in [4.69, 9.17) is 0 Å². The van der Waals surface area contributed by atoms with E-state index in [0.29, 0.717) is 24.2 Å². The number of Topliss-reactive ketones (excluding diaryl/α,β-unsaturated/α-hetero) is 1. The molecular formula is C12H16F5NO2. The van der Waals surface area contributed by atoms with E-state index in [-0.39, 0.29) is 25.2 Å². The van der Waals surface area contributed by atoms with E-state index in [2.05, 4.69) is 0 Å². The third-order valence-corrected chi connectivity index (χ3v) is 3.29. The smallest absolute Gasteiger partial charge is 0.334 e. The minimum absolute atomic E-state index is 0.178. The van der Waals surface area contributed by atoms with Gasteiger partial charge in [0, 0.05) is 19.0 Å². The SMILES string of the molecule is CC(=O)CC1CCCCCN1C(=O)C(F)(F)C(F)(F)F. The van der Waals surface area contributed by atoms with Crippen LogP contribution in [0.5, 0.6) is 0 Å². The number of carbonyl (C=O) groups excluding carboxylic acids is 2. The monoisotopic (exact) mass is 301 g/mol. The van der Waals surface area contributed by atoms with Crippen molar-refractivity contribution in [1.82, 2.24) is 4.90 Å². The topological polar surface area (TPSA) is 37.4 Å². The van der Waals surface area contributed by atoms with Crippen LogP contribution in [0.3, 0.4) is 0 Å². The molecule has 20 heavy (non-hydrogen) atoms. The summed E-state index contributed by atoms with van der Waals surface area (Å²) < 4.78 is 63.1. The number of ketones is 1. The maximum Gasteiger partial charge on any atom is 0.463 e. The predicted octanol–water partition coefficient (Wildman–Crippen LogP) is 2.93. The number of amides is 1. The highest BCUT2D eigenvalue weighted by atomic mass is 19.4. The molecule has 0 bridgehead atoms. The Balaban J connectivity index is 2.98. The van der Waals surface area contributed by atoms with Crippen LogP contribution in [0, 0.1) is 0 Å². The van der Waals surface area contributed by atoms with Gasteiger partial charge in [-0.15, -0.1) is 0 Å². The maximum absolute atomic E-state index is 13.2. The third-order valence-electron chi connectivity index (χ3n) is 3.29. The van der Waals surface area contributed by atoms with Crippen LogP contribution in [0.15, 0.2) is 0 Å². The average molecular weight is 301 g/mol. The van der Waals surface area contributed by atoms with E-state index < -0.39 is 24.0 Å². The molecule has 1 aliphatic rings.